The average Bonchev–Trinajstić information content (AvgIpc) is 2.46. The zero-order valence-corrected chi connectivity index (χ0v) is 13.8. The van der Waals surface area contributed by atoms with Crippen molar-refractivity contribution < 1.29 is 9.47 Å². The fourth-order valence-corrected chi connectivity index (χ4v) is 3.03. The van der Waals surface area contributed by atoms with Crippen LogP contribution in [-0.4, -0.2) is 50.9 Å². The van der Waals surface area contributed by atoms with Crippen molar-refractivity contribution in [1.82, 2.24) is 10.2 Å². The Kier molecular flexibility index (Phi) is 6.29. The van der Waals surface area contributed by atoms with Crippen LogP contribution in [0.25, 0.3) is 0 Å². The fraction of sp³-hybridized carbons (Fsp3) is 0.600. The quantitative estimate of drug-likeness (QED) is 0.859. The van der Waals surface area contributed by atoms with Gasteiger partial charge in [0.15, 0.2) is 0 Å². The standard InChI is InChI=1S/C15H23BrN2O2/c1-3-17-9-13-11-20-7-6-18(13)10-12-4-5-15(19-2)14(16)8-12/h4-5,8,13,17H,3,6-7,9-11H2,1-2H3. The van der Waals surface area contributed by atoms with Gasteiger partial charge in [0.05, 0.1) is 24.8 Å². The number of rotatable bonds is 6. The molecule has 1 unspecified atom stereocenters. The first-order chi connectivity index (χ1) is 9.74. The van der Waals surface area contributed by atoms with E-state index in [0.29, 0.717) is 6.04 Å². The van der Waals surface area contributed by atoms with Crippen LogP contribution < -0.4 is 10.1 Å². The molecule has 1 aliphatic heterocycles. The lowest BCUT2D eigenvalue weighted by atomic mass is 10.1. The van der Waals surface area contributed by atoms with E-state index in [1.807, 2.05) is 6.07 Å². The minimum atomic E-state index is 0.449. The number of hydrogen-bond acceptors (Lipinski definition) is 4. The van der Waals surface area contributed by atoms with Crippen LogP contribution >= 0.6 is 15.9 Å². The summed E-state index contributed by atoms with van der Waals surface area (Å²) in [6, 6.07) is 6.73. The second-order valence-corrected chi connectivity index (χ2v) is 5.83. The second-order valence-electron chi connectivity index (χ2n) is 4.98. The van der Waals surface area contributed by atoms with Gasteiger partial charge in [-0.25, -0.2) is 0 Å². The topological polar surface area (TPSA) is 33.7 Å². The highest BCUT2D eigenvalue weighted by atomic mass is 79.9. The molecule has 0 amide bonds. The third kappa shape index (κ3) is 4.19. The first-order valence-electron chi connectivity index (χ1n) is 7.09. The molecule has 20 heavy (non-hydrogen) atoms. The first-order valence-corrected chi connectivity index (χ1v) is 7.88. The molecule has 1 atom stereocenters. The molecule has 5 heteroatoms. The van der Waals surface area contributed by atoms with Crippen molar-refractivity contribution in [3.8, 4) is 5.75 Å². The van der Waals surface area contributed by atoms with Gasteiger partial charge in [-0.05, 0) is 40.2 Å². The van der Waals surface area contributed by atoms with Gasteiger partial charge in [0.2, 0.25) is 0 Å². The van der Waals surface area contributed by atoms with E-state index in [2.05, 4.69) is 45.2 Å². The van der Waals surface area contributed by atoms with E-state index >= 15 is 0 Å². The molecule has 112 valence electrons. The summed E-state index contributed by atoms with van der Waals surface area (Å²) < 4.78 is 11.9. The molecule has 1 N–H and O–H groups in total. The Labute approximate surface area is 129 Å². The predicted molar refractivity (Wildman–Crippen MR) is 84.3 cm³/mol. The SMILES string of the molecule is CCNCC1COCCN1Cc1ccc(OC)c(Br)c1. The molecule has 0 aromatic heterocycles. The first kappa shape index (κ1) is 15.8. The largest absolute Gasteiger partial charge is 0.496 e. The zero-order chi connectivity index (χ0) is 14.4. The monoisotopic (exact) mass is 342 g/mol. The van der Waals surface area contributed by atoms with E-state index in [1.165, 1.54) is 5.56 Å². The molecule has 0 aliphatic carbocycles. The third-order valence-corrected chi connectivity index (χ3v) is 4.20. The van der Waals surface area contributed by atoms with Crippen LogP contribution in [0.2, 0.25) is 0 Å². The molecule has 1 fully saturated rings. The van der Waals surface area contributed by atoms with E-state index in [0.717, 1.165) is 49.6 Å². The van der Waals surface area contributed by atoms with Crippen molar-refractivity contribution in [2.45, 2.75) is 19.5 Å². The number of hydrogen-bond donors (Lipinski definition) is 1. The lowest BCUT2D eigenvalue weighted by molar-refractivity contribution is -0.0107. The molecule has 0 saturated carbocycles. The molecule has 1 heterocycles. The van der Waals surface area contributed by atoms with Gasteiger partial charge >= 0.3 is 0 Å². The molecule has 0 spiro atoms. The van der Waals surface area contributed by atoms with E-state index in [4.69, 9.17) is 9.47 Å². The summed E-state index contributed by atoms with van der Waals surface area (Å²) in [4.78, 5) is 2.49. The lowest BCUT2D eigenvalue weighted by Gasteiger charge is -2.35. The maximum Gasteiger partial charge on any atom is 0.133 e. The molecule has 0 bridgehead atoms. The number of likely N-dealkylation sites (N-methyl/N-ethyl adjacent to an activating group) is 1. The Morgan fingerprint density at radius 3 is 3.05 bits per heavy atom. The molecule has 4 nitrogen and oxygen atoms in total. The number of benzene rings is 1. The smallest absolute Gasteiger partial charge is 0.133 e. The summed E-state index contributed by atoms with van der Waals surface area (Å²) >= 11 is 3.55. The molecule has 1 aromatic carbocycles. The van der Waals surface area contributed by atoms with Gasteiger partial charge in [0, 0.05) is 25.7 Å². The Hall–Kier alpha value is -0.620. The molecular weight excluding hydrogens is 320 g/mol. The number of nitrogens with one attached hydrogen (secondary N) is 1. The minimum Gasteiger partial charge on any atom is -0.496 e. The van der Waals surface area contributed by atoms with E-state index in [9.17, 15) is 0 Å². The Bertz CT molecular complexity index is 428. The lowest BCUT2D eigenvalue weighted by Crippen LogP contribution is -2.49. The van der Waals surface area contributed by atoms with Crippen LogP contribution in [0, 0.1) is 0 Å². The van der Waals surface area contributed by atoms with Gasteiger partial charge in [0.1, 0.15) is 5.75 Å². The van der Waals surface area contributed by atoms with Crippen molar-refractivity contribution in [2.24, 2.45) is 0 Å². The maximum atomic E-state index is 5.60. The van der Waals surface area contributed by atoms with Gasteiger partial charge in [0.25, 0.3) is 0 Å². The number of halogens is 1. The number of nitrogens with zero attached hydrogens (tertiary/aromatic N) is 1. The molecule has 1 aliphatic rings. The van der Waals surface area contributed by atoms with Crippen LogP contribution in [0.4, 0.5) is 0 Å². The highest BCUT2D eigenvalue weighted by Gasteiger charge is 2.22. The van der Waals surface area contributed by atoms with Crippen LogP contribution in [0.3, 0.4) is 0 Å². The van der Waals surface area contributed by atoms with Crippen molar-refractivity contribution >= 4 is 15.9 Å². The van der Waals surface area contributed by atoms with Crippen molar-refractivity contribution in [3.05, 3.63) is 28.2 Å². The molecule has 1 saturated heterocycles. The fourth-order valence-electron chi connectivity index (χ4n) is 2.44. The zero-order valence-electron chi connectivity index (χ0n) is 12.2. The summed E-state index contributed by atoms with van der Waals surface area (Å²) in [5.41, 5.74) is 1.29. The van der Waals surface area contributed by atoms with Crippen molar-refractivity contribution in [3.63, 3.8) is 0 Å². The van der Waals surface area contributed by atoms with Gasteiger partial charge < -0.3 is 14.8 Å². The van der Waals surface area contributed by atoms with E-state index < -0.39 is 0 Å². The van der Waals surface area contributed by atoms with E-state index in [-0.39, 0.29) is 0 Å². The average molecular weight is 343 g/mol. The van der Waals surface area contributed by atoms with Crippen LogP contribution in [0.5, 0.6) is 5.75 Å². The van der Waals surface area contributed by atoms with Crippen LogP contribution in [-0.2, 0) is 11.3 Å². The normalized spacial score (nSPS) is 20.1. The number of morpholine rings is 1. The summed E-state index contributed by atoms with van der Waals surface area (Å²) in [7, 11) is 1.69. The Morgan fingerprint density at radius 2 is 2.35 bits per heavy atom. The Balaban J connectivity index is 2.00. The highest BCUT2D eigenvalue weighted by Crippen LogP contribution is 2.26. The summed E-state index contributed by atoms with van der Waals surface area (Å²) in [5, 5.41) is 3.41. The van der Waals surface area contributed by atoms with Gasteiger partial charge in [-0.3, -0.25) is 4.90 Å². The summed E-state index contributed by atoms with van der Waals surface area (Å²) in [6.45, 7) is 7.67. The van der Waals surface area contributed by atoms with Crippen molar-refractivity contribution in [1.29, 1.82) is 0 Å². The van der Waals surface area contributed by atoms with Crippen molar-refractivity contribution in [2.75, 3.05) is 40.0 Å². The molecule has 1 aromatic rings. The highest BCUT2D eigenvalue weighted by molar-refractivity contribution is 9.10. The minimum absolute atomic E-state index is 0.449. The van der Waals surface area contributed by atoms with Crippen LogP contribution in [0.15, 0.2) is 22.7 Å². The number of ether oxygens (including phenoxy) is 2. The second kappa shape index (κ2) is 7.98. The molecular formula is C15H23BrN2O2. The molecule has 0 radical (unpaired) electrons. The van der Waals surface area contributed by atoms with Gasteiger partial charge in [-0.2, -0.15) is 0 Å². The maximum absolute atomic E-state index is 5.60. The summed E-state index contributed by atoms with van der Waals surface area (Å²) in [6.07, 6.45) is 0. The third-order valence-electron chi connectivity index (χ3n) is 3.58. The Morgan fingerprint density at radius 1 is 1.50 bits per heavy atom. The van der Waals surface area contributed by atoms with Gasteiger partial charge in [-0.15, -0.1) is 0 Å². The predicted octanol–water partition coefficient (Wildman–Crippen LogP) is 2.27. The van der Waals surface area contributed by atoms with Gasteiger partial charge in [-0.1, -0.05) is 13.0 Å². The van der Waals surface area contributed by atoms with Crippen LogP contribution in [0.1, 0.15) is 12.5 Å². The number of methoxy groups -OCH3 is 1. The summed E-state index contributed by atoms with van der Waals surface area (Å²) in [5.74, 6) is 0.875. The molecule has 2 rings (SSSR count). The van der Waals surface area contributed by atoms with E-state index in [1.54, 1.807) is 7.11 Å².